The predicted molar refractivity (Wildman–Crippen MR) is 118 cm³/mol. The molecule has 6 nitrogen and oxygen atoms in total. The molecule has 2 saturated heterocycles. The highest BCUT2D eigenvalue weighted by Gasteiger charge is 2.40. The standard InChI is InChI=1S/C22H32ClN5O/c1-16(21(29)27-8-3-4-9-27)26-10-12-28(13-11-26)22(24-2)25-20-15-19(20)17-6-5-7-18(23)14-17/h5-7,14,16,19-20H,3-4,8-13,15H2,1-2H3,(H,24,25). The van der Waals surface area contributed by atoms with E-state index in [2.05, 4.69) is 39.2 Å². The van der Waals surface area contributed by atoms with E-state index in [0.29, 0.717) is 17.9 Å². The van der Waals surface area contributed by atoms with E-state index in [1.807, 2.05) is 24.1 Å². The molecule has 1 amide bonds. The van der Waals surface area contributed by atoms with Crippen LogP contribution in [0.1, 0.15) is 37.7 Å². The average molecular weight is 418 g/mol. The predicted octanol–water partition coefficient (Wildman–Crippen LogP) is 2.40. The first-order valence-corrected chi connectivity index (χ1v) is 11.2. The molecule has 0 bridgehead atoms. The third-order valence-electron chi connectivity index (χ3n) is 6.53. The molecule has 4 rings (SSSR count). The van der Waals surface area contributed by atoms with Gasteiger partial charge in [-0.25, -0.2) is 0 Å². The van der Waals surface area contributed by atoms with Crippen LogP contribution in [-0.2, 0) is 4.79 Å². The monoisotopic (exact) mass is 417 g/mol. The second-order valence-corrected chi connectivity index (χ2v) is 8.86. The van der Waals surface area contributed by atoms with Crippen LogP contribution in [0.2, 0.25) is 5.02 Å². The molecule has 3 atom stereocenters. The van der Waals surface area contributed by atoms with E-state index in [0.717, 1.165) is 69.5 Å². The van der Waals surface area contributed by atoms with Crippen LogP contribution in [0.3, 0.4) is 0 Å². The van der Waals surface area contributed by atoms with Gasteiger partial charge in [0.1, 0.15) is 0 Å². The molecule has 1 N–H and O–H groups in total. The van der Waals surface area contributed by atoms with Gasteiger partial charge in [0.2, 0.25) is 5.91 Å². The molecule has 158 valence electrons. The van der Waals surface area contributed by atoms with Crippen molar-refractivity contribution in [3.8, 4) is 0 Å². The number of guanidine groups is 1. The Morgan fingerprint density at radius 2 is 1.86 bits per heavy atom. The molecule has 1 aromatic carbocycles. The summed E-state index contributed by atoms with van der Waals surface area (Å²) in [6.07, 6.45) is 3.40. The van der Waals surface area contributed by atoms with Crippen LogP contribution < -0.4 is 5.32 Å². The van der Waals surface area contributed by atoms with Gasteiger partial charge in [0.05, 0.1) is 6.04 Å². The van der Waals surface area contributed by atoms with Crippen LogP contribution in [0.25, 0.3) is 0 Å². The van der Waals surface area contributed by atoms with Gasteiger partial charge >= 0.3 is 0 Å². The summed E-state index contributed by atoms with van der Waals surface area (Å²) in [6, 6.07) is 8.55. The van der Waals surface area contributed by atoms with Crippen molar-refractivity contribution in [3.05, 3.63) is 34.9 Å². The second-order valence-electron chi connectivity index (χ2n) is 8.43. The molecule has 1 saturated carbocycles. The van der Waals surface area contributed by atoms with E-state index in [-0.39, 0.29) is 6.04 Å². The fourth-order valence-corrected chi connectivity index (χ4v) is 4.80. The van der Waals surface area contributed by atoms with E-state index in [4.69, 9.17) is 11.6 Å². The zero-order valence-corrected chi connectivity index (χ0v) is 18.2. The lowest BCUT2D eigenvalue weighted by molar-refractivity contribution is -0.135. The maximum atomic E-state index is 12.7. The van der Waals surface area contributed by atoms with Crippen LogP contribution >= 0.6 is 11.6 Å². The number of rotatable bonds is 4. The first-order chi connectivity index (χ1) is 14.1. The third kappa shape index (κ3) is 4.69. The maximum absolute atomic E-state index is 12.7. The Labute approximate surface area is 178 Å². The molecule has 2 heterocycles. The number of hydrogen-bond donors (Lipinski definition) is 1. The summed E-state index contributed by atoms with van der Waals surface area (Å²) in [4.78, 5) is 23.9. The quantitative estimate of drug-likeness (QED) is 0.603. The number of carbonyl (C=O) groups excluding carboxylic acids is 1. The number of nitrogens with one attached hydrogen (secondary N) is 1. The normalized spacial score (nSPS) is 26.5. The highest BCUT2D eigenvalue weighted by Crippen LogP contribution is 2.41. The van der Waals surface area contributed by atoms with Crippen LogP contribution in [0.15, 0.2) is 29.3 Å². The smallest absolute Gasteiger partial charge is 0.239 e. The van der Waals surface area contributed by atoms with Gasteiger partial charge in [-0.1, -0.05) is 23.7 Å². The van der Waals surface area contributed by atoms with E-state index < -0.39 is 0 Å². The number of aliphatic imine (C=N–C) groups is 1. The number of amides is 1. The van der Waals surface area contributed by atoms with Gasteiger partial charge in [0, 0.05) is 63.3 Å². The lowest BCUT2D eigenvalue weighted by Gasteiger charge is -2.39. The molecule has 0 spiro atoms. The van der Waals surface area contributed by atoms with Gasteiger partial charge < -0.3 is 15.1 Å². The Bertz CT molecular complexity index is 755. The number of benzene rings is 1. The zero-order valence-electron chi connectivity index (χ0n) is 17.5. The number of halogens is 1. The molecule has 7 heteroatoms. The fraction of sp³-hybridized carbons (Fsp3) is 0.636. The molecule has 1 aromatic rings. The fourth-order valence-electron chi connectivity index (χ4n) is 4.60. The van der Waals surface area contributed by atoms with E-state index >= 15 is 0 Å². The molecule has 3 aliphatic rings. The summed E-state index contributed by atoms with van der Waals surface area (Å²) in [5.41, 5.74) is 1.30. The molecule has 2 aliphatic heterocycles. The van der Waals surface area contributed by atoms with Crippen LogP contribution in [0.5, 0.6) is 0 Å². The first-order valence-electron chi connectivity index (χ1n) is 10.8. The third-order valence-corrected chi connectivity index (χ3v) is 6.77. The van der Waals surface area contributed by atoms with Gasteiger partial charge in [0.25, 0.3) is 0 Å². The van der Waals surface area contributed by atoms with E-state index in [1.165, 1.54) is 5.56 Å². The average Bonchev–Trinajstić information content (AvgIpc) is 3.30. The van der Waals surface area contributed by atoms with Crippen LogP contribution in [-0.4, -0.2) is 85.0 Å². The van der Waals surface area contributed by atoms with Gasteiger partial charge in [-0.15, -0.1) is 0 Å². The van der Waals surface area contributed by atoms with Crippen molar-refractivity contribution in [3.63, 3.8) is 0 Å². The number of piperazine rings is 1. The SMILES string of the molecule is CN=C(NC1CC1c1cccc(Cl)c1)N1CCN(C(C)C(=O)N2CCCC2)CC1. The number of likely N-dealkylation sites (tertiary alicyclic amines) is 1. The lowest BCUT2D eigenvalue weighted by Crippen LogP contribution is -2.57. The highest BCUT2D eigenvalue weighted by molar-refractivity contribution is 6.30. The maximum Gasteiger partial charge on any atom is 0.239 e. The topological polar surface area (TPSA) is 51.2 Å². The Balaban J connectivity index is 1.27. The van der Waals surface area contributed by atoms with Crippen molar-refractivity contribution < 1.29 is 4.79 Å². The number of hydrogen-bond acceptors (Lipinski definition) is 3. The molecule has 0 radical (unpaired) electrons. The summed E-state index contributed by atoms with van der Waals surface area (Å²) in [5, 5.41) is 4.43. The Morgan fingerprint density at radius 1 is 1.14 bits per heavy atom. The minimum absolute atomic E-state index is 0.0270. The van der Waals surface area contributed by atoms with Crippen LogP contribution in [0.4, 0.5) is 0 Å². The summed E-state index contributed by atoms with van der Waals surface area (Å²) < 4.78 is 0. The first kappa shape index (κ1) is 20.5. The molecule has 3 unspecified atom stereocenters. The molecule has 0 aromatic heterocycles. The van der Waals surface area contributed by atoms with Crippen molar-refractivity contribution in [1.29, 1.82) is 0 Å². The van der Waals surface area contributed by atoms with Crippen molar-refractivity contribution in [1.82, 2.24) is 20.0 Å². The minimum Gasteiger partial charge on any atom is -0.353 e. The molecular weight excluding hydrogens is 386 g/mol. The molecule has 1 aliphatic carbocycles. The van der Waals surface area contributed by atoms with Crippen LogP contribution in [0, 0.1) is 0 Å². The molecular formula is C22H32ClN5O. The summed E-state index contributed by atoms with van der Waals surface area (Å²) in [5.74, 6) is 1.77. The largest absolute Gasteiger partial charge is 0.353 e. The lowest BCUT2D eigenvalue weighted by atomic mass is 10.1. The highest BCUT2D eigenvalue weighted by atomic mass is 35.5. The summed E-state index contributed by atoms with van der Waals surface area (Å²) in [6.45, 7) is 7.48. The Hall–Kier alpha value is -1.79. The van der Waals surface area contributed by atoms with E-state index in [1.54, 1.807) is 0 Å². The van der Waals surface area contributed by atoms with E-state index in [9.17, 15) is 4.79 Å². The van der Waals surface area contributed by atoms with Gasteiger partial charge in [-0.05, 0) is 43.9 Å². The van der Waals surface area contributed by atoms with Crippen molar-refractivity contribution in [2.45, 2.75) is 44.2 Å². The van der Waals surface area contributed by atoms with Crippen molar-refractivity contribution >= 4 is 23.5 Å². The number of nitrogens with zero attached hydrogens (tertiary/aromatic N) is 4. The Morgan fingerprint density at radius 3 is 2.52 bits per heavy atom. The van der Waals surface area contributed by atoms with Crippen molar-refractivity contribution in [2.24, 2.45) is 4.99 Å². The zero-order chi connectivity index (χ0) is 20.4. The van der Waals surface area contributed by atoms with Gasteiger partial charge in [-0.2, -0.15) is 0 Å². The Kier molecular flexibility index (Phi) is 6.30. The van der Waals surface area contributed by atoms with Gasteiger partial charge in [-0.3, -0.25) is 14.7 Å². The summed E-state index contributed by atoms with van der Waals surface area (Å²) >= 11 is 6.14. The molecule has 3 fully saturated rings. The van der Waals surface area contributed by atoms with Gasteiger partial charge in [0.15, 0.2) is 5.96 Å². The minimum atomic E-state index is -0.0270. The van der Waals surface area contributed by atoms with Crippen molar-refractivity contribution in [2.75, 3.05) is 46.3 Å². The second kappa shape index (κ2) is 8.92. The summed E-state index contributed by atoms with van der Waals surface area (Å²) in [7, 11) is 1.85. The number of carbonyl (C=O) groups is 1. The molecule has 29 heavy (non-hydrogen) atoms.